The molecule has 1 aliphatic heterocycles. The van der Waals surface area contributed by atoms with E-state index >= 15 is 24.0 Å². The number of carbonyl (C=O) groups is 16. The number of nitrogens with two attached hydrogens (primary N) is 1. The second-order valence-corrected chi connectivity index (χ2v) is 32.6. The maximum Gasteiger partial charge on any atom is 0.305 e. The minimum Gasteiger partial charge on any atom is -0.508 e. The summed E-state index contributed by atoms with van der Waals surface area (Å²) < 4.78 is 0. The second kappa shape index (κ2) is 46.8. The number of fused-ring (bicyclic) bond motifs is 1. The van der Waals surface area contributed by atoms with E-state index in [2.05, 4.69) is 52.8 Å². The number of thioether (sulfide) groups is 1. The Morgan fingerprint density at radius 1 is 0.496 bits per heavy atom. The number of likely N-dealkylation sites (N-methyl/N-ethyl adjacent to an activating group) is 5. The van der Waals surface area contributed by atoms with Crippen LogP contribution in [0.1, 0.15) is 101 Å². The number of amides is 15. The van der Waals surface area contributed by atoms with Gasteiger partial charge in [0.25, 0.3) is 0 Å². The fourth-order valence-corrected chi connectivity index (χ4v) is 14.8. The van der Waals surface area contributed by atoms with Crippen molar-refractivity contribution in [3.05, 3.63) is 167 Å². The molecular formula is C87H114N16O19S. The normalized spacial score (nSPS) is 22.4. The average Bonchev–Trinajstić information content (AvgIpc) is 1.81. The van der Waals surface area contributed by atoms with Crippen LogP contribution >= 0.6 is 11.8 Å². The molecule has 35 nitrogen and oxygen atoms in total. The summed E-state index contributed by atoms with van der Waals surface area (Å²) in [4.78, 5) is 240. The van der Waals surface area contributed by atoms with Gasteiger partial charge in [-0.25, -0.2) is 0 Å². The summed E-state index contributed by atoms with van der Waals surface area (Å²) in [6.07, 6.45) is 0.329. The van der Waals surface area contributed by atoms with Crippen molar-refractivity contribution in [2.45, 2.75) is 172 Å². The van der Waals surface area contributed by atoms with E-state index in [0.717, 1.165) is 36.3 Å². The number of phenolic OH excluding ortho intramolecular Hbond substituents is 2. The Morgan fingerprint density at radius 3 is 1.52 bits per heavy atom. The predicted molar refractivity (Wildman–Crippen MR) is 458 cm³/mol. The van der Waals surface area contributed by atoms with Gasteiger partial charge in [0.1, 0.15) is 78.0 Å². The monoisotopic (exact) mass is 1720 g/mol. The molecule has 2 heterocycles. The van der Waals surface area contributed by atoms with Gasteiger partial charge in [-0.3, -0.25) is 76.7 Å². The third-order valence-electron chi connectivity index (χ3n) is 21.0. The Labute approximate surface area is 718 Å². The lowest BCUT2D eigenvalue weighted by Crippen LogP contribution is -2.61. The Bertz CT molecular complexity index is 4710. The molecule has 0 spiro atoms. The van der Waals surface area contributed by atoms with Crippen molar-refractivity contribution in [2.75, 3.05) is 66.4 Å². The first-order chi connectivity index (χ1) is 58.3. The highest BCUT2D eigenvalue weighted by Crippen LogP contribution is 2.24. The molecule has 0 aliphatic carbocycles. The quantitative estimate of drug-likeness (QED) is 0.0480. The van der Waals surface area contributed by atoms with Gasteiger partial charge in [-0.1, -0.05) is 151 Å². The molecule has 123 heavy (non-hydrogen) atoms. The standard InChI is InChI=1S/C87H114N16O19S/c1-12-13-28-69-86(121)100(8)47-73(108)92-65(43-75(110)111)81(116)98-76(51(4)5)87(122)103(11)70(41-54-24-18-15-19-25-54)82(117)96-66(40-56-31-35-59(105)36-32-56)84(119)99(7)46-72(107)91-64(42-57-44-89-61-27-21-20-26-60(57)61)80(115)95-63(38-55-29-33-58(104)34-30-55)79(114)94-62(37-50(2)3)78(113)97-68(77(112)90-45-71(88)106)48-123-49-74(109)93-67(39-53-22-16-14-17-23-53)85(120)101(9)52(6)83(118)102(69)10/h14-27,29-36,44,50-52,62-70,76,89,104-105H,12-13,28,37-43,45-49H2,1-11H3,(H2,88,106)(H,90,112)(H,91,107)(H,92,108)(H,93,109)(H,94,114)(H,95,115)(H,96,117)(H,97,113)(H,98,116)(H,110,111). The van der Waals surface area contributed by atoms with Crippen molar-refractivity contribution >= 4 is 117 Å². The number of carboxylic acids is 1. The number of rotatable bonds is 21. The number of carbonyl (C=O) groups excluding carboxylic acids is 15. The van der Waals surface area contributed by atoms with E-state index in [1.165, 1.54) is 90.7 Å². The first kappa shape index (κ1) is 97.2. The number of aromatic amines is 1. The first-order valence-electron chi connectivity index (χ1n) is 40.6. The zero-order valence-electron chi connectivity index (χ0n) is 71.0. The lowest BCUT2D eigenvalue weighted by molar-refractivity contribution is -0.150. The number of carboxylic acid groups (broad SMARTS) is 1. The summed E-state index contributed by atoms with van der Waals surface area (Å²) in [6, 6.07) is 18.8. The van der Waals surface area contributed by atoms with Crippen LogP contribution in [-0.4, -0.2) is 272 Å². The third-order valence-corrected chi connectivity index (χ3v) is 22.0. The summed E-state index contributed by atoms with van der Waals surface area (Å²) in [7, 11) is 6.45. The molecule has 0 radical (unpaired) electrons. The number of H-pyrrole nitrogens is 1. The zero-order chi connectivity index (χ0) is 90.5. The number of hydrogen-bond donors (Lipinski definition) is 14. The topological polar surface area (TPSA) is 500 Å². The summed E-state index contributed by atoms with van der Waals surface area (Å²) >= 11 is 0.827. The third kappa shape index (κ3) is 29.5. The van der Waals surface area contributed by atoms with Gasteiger partial charge >= 0.3 is 5.97 Å². The number of nitrogens with zero attached hydrogens (tertiary/aromatic N) is 5. The molecule has 7 rings (SSSR count). The largest absolute Gasteiger partial charge is 0.508 e. The summed E-state index contributed by atoms with van der Waals surface area (Å²) in [5.41, 5.74) is 8.51. The molecule has 0 bridgehead atoms. The number of aliphatic carboxylic acids is 1. The Balaban J connectivity index is 1.31. The van der Waals surface area contributed by atoms with Gasteiger partial charge in [0.2, 0.25) is 88.6 Å². The van der Waals surface area contributed by atoms with Crippen molar-refractivity contribution in [3.63, 3.8) is 0 Å². The Morgan fingerprint density at radius 2 is 0.967 bits per heavy atom. The average molecular weight is 1720 g/mol. The number of benzene rings is 5. The molecular weight excluding hydrogens is 1610 g/mol. The van der Waals surface area contributed by atoms with Gasteiger partial charge in [-0.15, -0.1) is 11.8 Å². The number of unbranched alkanes of at least 4 members (excludes halogenated alkanes) is 1. The minimum absolute atomic E-state index is 0.0524. The van der Waals surface area contributed by atoms with Gasteiger partial charge < -0.3 is 98.4 Å². The van der Waals surface area contributed by atoms with Crippen LogP contribution < -0.4 is 53.6 Å². The molecule has 36 heteroatoms. The number of aromatic nitrogens is 1. The number of para-hydroxylation sites is 1. The summed E-state index contributed by atoms with van der Waals surface area (Å²) in [5, 5.41) is 55.2. The number of phenols is 2. The molecule has 15 N–H and O–H groups in total. The molecule has 6 aromatic rings. The van der Waals surface area contributed by atoms with Gasteiger partial charge in [-0.2, -0.15) is 0 Å². The van der Waals surface area contributed by atoms with Gasteiger partial charge in [0, 0.05) is 90.2 Å². The van der Waals surface area contributed by atoms with Gasteiger partial charge in [0.05, 0.1) is 31.8 Å². The van der Waals surface area contributed by atoms with Crippen LogP contribution in [0.15, 0.2) is 140 Å². The predicted octanol–water partition coefficient (Wildman–Crippen LogP) is 1.10. The smallest absolute Gasteiger partial charge is 0.305 e. The molecule has 1 aromatic heterocycles. The van der Waals surface area contributed by atoms with Crippen molar-refractivity contribution in [1.82, 2.24) is 77.3 Å². The molecule has 1 saturated heterocycles. The van der Waals surface area contributed by atoms with Crippen LogP contribution in [0.5, 0.6) is 11.5 Å². The summed E-state index contributed by atoms with van der Waals surface area (Å²) in [6.45, 7) is 7.59. The maximum absolute atomic E-state index is 15.3. The fraction of sp³-hybridized carbons (Fsp3) is 0.448. The van der Waals surface area contributed by atoms with Crippen LogP contribution in [0.2, 0.25) is 0 Å². The van der Waals surface area contributed by atoms with Crippen LogP contribution in [-0.2, 0) is 109 Å². The maximum atomic E-state index is 15.3. The highest BCUT2D eigenvalue weighted by atomic mass is 32.2. The van der Waals surface area contributed by atoms with E-state index in [4.69, 9.17) is 5.73 Å². The molecule has 11 atom stereocenters. The number of hydrogen-bond acceptors (Lipinski definition) is 19. The highest BCUT2D eigenvalue weighted by Gasteiger charge is 2.41. The molecule has 0 saturated carbocycles. The first-order valence-corrected chi connectivity index (χ1v) is 41.7. The van der Waals surface area contributed by atoms with Crippen molar-refractivity contribution in [2.24, 2.45) is 17.6 Å². The van der Waals surface area contributed by atoms with Crippen LogP contribution in [0.25, 0.3) is 10.9 Å². The molecule has 5 aromatic carbocycles. The van der Waals surface area contributed by atoms with Gasteiger partial charge in [0.15, 0.2) is 0 Å². The minimum atomic E-state index is -1.89. The molecule has 15 amide bonds. The van der Waals surface area contributed by atoms with Crippen molar-refractivity contribution in [3.8, 4) is 11.5 Å². The Kier molecular flexibility index (Phi) is 37.0. The lowest BCUT2D eigenvalue weighted by atomic mass is 9.98. The SMILES string of the molecule is CCCCC1C(=O)N(C)CC(=O)NC(CC(=O)O)C(=O)NC(C(C)C)C(=O)N(C)C(Cc2ccccc2)C(=O)NC(Cc2ccc(O)cc2)C(=O)N(C)CC(=O)NC(Cc2c[nH]c3ccccc23)C(=O)NC(Cc2ccc(O)cc2)C(=O)NC(CC(C)C)C(=O)NC(C(=O)NCC(N)=O)CSCC(=O)NC(Cc2ccccc2)C(=O)N(C)C(C)C(=O)N1C. The van der Waals surface area contributed by atoms with Crippen LogP contribution in [0.4, 0.5) is 0 Å². The number of nitrogens with one attached hydrogen (secondary N) is 10. The molecule has 1 fully saturated rings. The van der Waals surface area contributed by atoms with Gasteiger partial charge in [-0.05, 0) is 89.8 Å². The Hall–Kier alpha value is -12.9. The fourth-order valence-electron chi connectivity index (χ4n) is 14.0. The highest BCUT2D eigenvalue weighted by molar-refractivity contribution is 8.00. The van der Waals surface area contributed by atoms with E-state index < -0.39 is 199 Å². The van der Waals surface area contributed by atoms with Crippen molar-refractivity contribution in [1.29, 1.82) is 0 Å². The van der Waals surface area contributed by atoms with E-state index in [1.807, 2.05) is 6.92 Å². The van der Waals surface area contributed by atoms with E-state index in [1.54, 1.807) is 119 Å². The zero-order valence-corrected chi connectivity index (χ0v) is 71.8. The molecule has 662 valence electrons. The number of aromatic hydroxyl groups is 2. The van der Waals surface area contributed by atoms with E-state index in [-0.39, 0.29) is 68.1 Å². The van der Waals surface area contributed by atoms with Crippen LogP contribution in [0, 0.1) is 11.8 Å². The van der Waals surface area contributed by atoms with Crippen LogP contribution in [0.3, 0.4) is 0 Å². The van der Waals surface area contributed by atoms with E-state index in [0.29, 0.717) is 51.6 Å². The number of primary amides is 1. The van der Waals surface area contributed by atoms with Crippen molar-refractivity contribution < 1.29 is 92.0 Å². The van der Waals surface area contributed by atoms with E-state index in [9.17, 15) is 68.1 Å². The summed E-state index contributed by atoms with van der Waals surface area (Å²) in [5.74, 6) is -17.3. The second-order valence-electron chi connectivity index (χ2n) is 31.5. The molecule has 1 aliphatic rings. The molecule has 11 unspecified atom stereocenters. The lowest BCUT2D eigenvalue weighted by Gasteiger charge is -2.35.